The number of aromatic nitrogens is 2. The van der Waals surface area contributed by atoms with Crippen molar-refractivity contribution in [1.82, 2.24) is 15.0 Å². The van der Waals surface area contributed by atoms with E-state index in [4.69, 9.17) is 16.4 Å². The first kappa shape index (κ1) is 17.8. The van der Waals surface area contributed by atoms with Crippen molar-refractivity contribution in [2.75, 3.05) is 0 Å². The van der Waals surface area contributed by atoms with Crippen LogP contribution in [0.3, 0.4) is 0 Å². The zero-order valence-electron chi connectivity index (χ0n) is 14.6. The lowest BCUT2D eigenvalue weighted by molar-refractivity contribution is -0.138. The molecule has 2 atom stereocenters. The third-order valence-electron chi connectivity index (χ3n) is 4.15. The zero-order valence-corrected chi connectivity index (χ0v) is 15.3. The summed E-state index contributed by atoms with van der Waals surface area (Å²) in [4.78, 5) is 17.9. The standard InChI is InChI=1S/C18H20ClFN4O/c1-11(24-17(18(2,3)4)23-10-25-24)13-6-5-12(7-14(13)20)15-8-16(19)22-9-21-15/h5-11,17H,1-4H3/t11?,17-/m1/s1. The van der Waals surface area contributed by atoms with Crippen LogP contribution in [0.4, 0.5) is 4.39 Å². The van der Waals surface area contributed by atoms with Crippen LogP contribution in [-0.2, 0) is 4.84 Å². The van der Waals surface area contributed by atoms with E-state index in [0.717, 1.165) is 0 Å². The highest BCUT2D eigenvalue weighted by molar-refractivity contribution is 6.29. The van der Waals surface area contributed by atoms with E-state index in [0.29, 0.717) is 22.0 Å². The normalized spacial score (nSPS) is 19.0. The molecule has 2 aromatic rings. The Balaban J connectivity index is 1.88. The molecule has 1 aromatic heterocycles. The van der Waals surface area contributed by atoms with Gasteiger partial charge in [0.05, 0.1) is 11.7 Å². The molecule has 0 fully saturated rings. The van der Waals surface area contributed by atoms with Crippen LogP contribution in [0.1, 0.15) is 39.3 Å². The predicted octanol–water partition coefficient (Wildman–Crippen LogP) is 4.64. The van der Waals surface area contributed by atoms with Crippen molar-refractivity contribution in [3.05, 3.63) is 47.1 Å². The predicted molar refractivity (Wildman–Crippen MR) is 95.5 cm³/mol. The Kier molecular flexibility index (Phi) is 4.75. The molecule has 0 bridgehead atoms. The minimum Gasteiger partial charge on any atom is -0.391 e. The lowest BCUT2D eigenvalue weighted by Crippen LogP contribution is -2.40. The second-order valence-electron chi connectivity index (χ2n) is 7.10. The minimum absolute atomic E-state index is 0.130. The molecule has 132 valence electrons. The molecule has 0 saturated carbocycles. The Labute approximate surface area is 151 Å². The van der Waals surface area contributed by atoms with Gasteiger partial charge in [0.2, 0.25) is 0 Å². The number of aliphatic imine (C=N–C) groups is 1. The molecule has 1 aliphatic heterocycles. The summed E-state index contributed by atoms with van der Waals surface area (Å²) in [7, 11) is 0. The summed E-state index contributed by atoms with van der Waals surface area (Å²) >= 11 is 5.88. The topological polar surface area (TPSA) is 50.6 Å². The lowest BCUT2D eigenvalue weighted by atomic mass is 9.91. The van der Waals surface area contributed by atoms with Crippen molar-refractivity contribution < 1.29 is 9.23 Å². The number of halogens is 2. The van der Waals surface area contributed by atoms with Crippen LogP contribution in [0.15, 0.2) is 35.6 Å². The Hall–Kier alpha value is -2.05. The van der Waals surface area contributed by atoms with Gasteiger partial charge in [-0.1, -0.05) is 44.5 Å². The van der Waals surface area contributed by atoms with E-state index in [9.17, 15) is 4.39 Å². The summed E-state index contributed by atoms with van der Waals surface area (Å²) in [5.74, 6) is -0.331. The molecular formula is C18H20ClFN4O. The van der Waals surface area contributed by atoms with Gasteiger partial charge in [-0.2, -0.15) is 0 Å². The average Bonchev–Trinajstić information content (AvgIpc) is 3.04. The van der Waals surface area contributed by atoms with E-state index in [1.807, 2.05) is 13.0 Å². The summed E-state index contributed by atoms with van der Waals surface area (Å²) in [6, 6.07) is 6.32. The largest absolute Gasteiger partial charge is 0.391 e. The molecule has 0 saturated heterocycles. The first-order chi connectivity index (χ1) is 11.8. The molecule has 0 N–H and O–H groups in total. The van der Waals surface area contributed by atoms with Crippen molar-refractivity contribution in [3.63, 3.8) is 0 Å². The van der Waals surface area contributed by atoms with Gasteiger partial charge in [0, 0.05) is 22.6 Å². The quantitative estimate of drug-likeness (QED) is 0.746. The number of hydrogen-bond donors (Lipinski definition) is 0. The number of rotatable bonds is 3. The number of nitrogens with zero attached hydrogens (tertiary/aromatic N) is 4. The maximum Gasteiger partial charge on any atom is 0.198 e. The van der Waals surface area contributed by atoms with Gasteiger partial charge in [0.15, 0.2) is 6.40 Å². The second kappa shape index (κ2) is 6.69. The molecule has 3 rings (SSSR count). The molecule has 0 aliphatic carbocycles. The summed E-state index contributed by atoms with van der Waals surface area (Å²) in [5.41, 5.74) is 1.62. The van der Waals surface area contributed by atoms with Crippen LogP contribution in [0.5, 0.6) is 0 Å². The molecule has 0 spiro atoms. The highest BCUT2D eigenvalue weighted by Crippen LogP contribution is 2.36. The maximum absolute atomic E-state index is 14.8. The van der Waals surface area contributed by atoms with Crippen LogP contribution in [0.25, 0.3) is 11.3 Å². The molecule has 1 unspecified atom stereocenters. The van der Waals surface area contributed by atoms with E-state index in [2.05, 4.69) is 35.7 Å². The average molecular weight is 363 g/mol. The molecule has 1 aliphatic rings. The first-order valence-electron chi connectivity index (χ1n) is 8.01. The van der Waals surface area contributed by atoms with Gasteiger partial charge in [-0.15, -0.1) is 5.06 Å². The summed E-state index contributed by atoms with van der Waals surface area (Å²) in [5, 5.41) is 2.04. The van der Waals surface area contributed by atoms with Crippen molar-refractivity contribution in [3.8, 4) is 11.3 Å². The molecule has 2 heterocycles. The van der Waals surface area contributed by atoms with Crippen molar-refractivity contribution >= 4 is 18.0 Å². The third-order valence-corrected chi connectivity index (χ3v) is 4.35. The van der Waals surface area contributed by atoms with Gasteiger partial charge in [0.1, 0.15) is 23.5 Å². The van der Waals surface area contributed by atoms with Crippen molar-refractivity contribution in [2.24, 2.45) is 10.4 Å². The SMILES string of the molecule is CC(c1ccc(-c2cc(Cl)ncn2)cc1F)N1OC=N[C@H]1C(C)(C)C. The number of hydroxylamine groups is 2. The van der Waals surface area contributed by atoms with E-state index < -0.39 is 0 Å². The van der Waals surface area contributed by atoms with Crippen LogP contribution >= 0.6 is 11.6 Å². The summed E-state index contributed by atoms with van der Waals surface area (Å²) in [6.45, 7) is 8.11. The molecule has 1 aromatic carbocycles. The van der Waals surface area contributed by atoms with E-state index in [1.54, 1.807) is 17.2 Å². The maximum atomic E-state index is 14.8. The Bertz CT molecular complexity index is 806. The second-order valence-corrected chi connectivity index (χ2v) is 7.48. The lowest BCUT2D eigenvalue weighted by Gasteiger charge is -2.34. The number of hydrogen-bond acceptors (Lipinski definition) is 5. The zero-order chi connectivity index (χ0) is 18.2. The van der Waals surface area contributed by atoms with Gasteiger partial charge in [-0.3, -0.25) is 0 Å². The van der Waals surface area contributed by atoms with E-state index in [1.165, 1.54) is 18.8 Å². The fourth-order valence-corrected chi connectivity index (χ4v) is 2.97. The molecule has 5 nitrogen and oxygen atoms in total. The monoisotopic (exact) mass is 362 g/mol. The summed E-state index contributed by atoms with van der Waals surface area (Å²) in [6.07, 6.45) is 2.60. The minimum atomic E-state index is -0.331. The van der Waals surface area contributed by atoms with Crippen LogP contribution in [0.2, 0.25) is 5.15 Å². The van der Waals surface area contributed by atoms with Gasteiger partial charge in [-0.25, -0.2) is 19.4 Å². The Morgan fingerprint density at radius 2 is 2.00 bits per heavy atom. The van der Waals surface area contributed by atoms with Crippen LogP contribution < -0.4 is 0 Å². The summed E-state index contributed by atoms with van der Waals surface area (Å²) < 4.78 is 14.8. The van der Waals surface area contributed by atoms with Crippen LogP contribution in [-0.4, -0.2) is 27.6 Å². The Morgan fingerprint density at radius 3 is 2.64 bits per heavy atom. The highest BCUT2D eigenvalue weighted by Gasteiger charge is 2.38. The van der Waals surface area contributed by atoms with Gasteiger partial charge in [0.25, 0.3) is 0 Å². The molecule has 25 heavy (non-hydrogen) atoms. The third kappa shape index (κ3) is 3.65. The van der Waals surface area contributed by atoms with Crippen molar-refractivity contribution in [1.29, 1.82) is 0 Å². The van der Waals surface area contributed by atoms with Crippen molar-refractivity contribution in [2.45, 2.75) is 39.9 Å². The number of benzene rings is 1. The highest BCUT2D eigenvalue weighted by atomic mass is 35.5. The fourth-order valence-electron chi connectivity index (χ4n) is 2.82. The van der Waals surface area contributed by atoms with Gasteiger partial charge >= 0.3 is 0 Å². The first-order valence-corrected chi connectivity index (χ1v) is 8.39. The molecule has 0 amide bonds. The fraction of sp³-hybridized carbons (Fsp3) is 0.389. The van der Waals surface area contributed by atoms with E-state index >= 15 is 0 Å². The molecule has 7 heteroatoms. The van der Waals surface area contributed by atoms with E-state index in [-0.39, 0.29) is 23.4 Å². The van der Waals surface area contributed by atoms with Gasteiger partial charge < -0.3 is 4.84 Å². The Morgan fingerprint density at radius 1 is 1.24 bits per heavy atom. The molecular weight excluding hydrogens is 343 g/mol. The van der Waals surface area contributed by atoms with Crippen LogP contribution in [0, 0.1) is 11.2 Å². The smallest absolute Gasteiger partial charge is 0.198 e. The molecule has 0 radical (unpaired) electrons. The van der Waals surface area contributed by atoms with Gasteiger partial charge in [-0.05, 0) is 13.0 Å².